The summed E-state index contributed by atoms with van der Waals surface area (Å²) in [6.07, 6.45) is 6.81. The quantitative estimate of drug-likeness (QED) is 0.841. The van der Waals surface area contributed by atoms with E-state index in [0.29, 0.717) is 12.5 Å². The van der Waals surface area contributed by atoms with Gasteiger partial charge in [0.2, 0.25) is 5.91 Å². The van der Waals surface area contributed by atoms with E-state index < -0.39 is 0 Å². The summed E-state index contributed by atoms with van der Waals surface area (Å²) in [6, 6.07) is 0. The van der Waals surface area contributed by atoms with Crippen molar-refractivity contribution in [2.24, 2.45) is 11.8 Å². The lowest BCUT2D eigenvalue weighted by molar-refractivity contribution is -0.125. The molecule has 2 aliphatic rings. The fourth-order valence-electron chi connectivity index (χ4n) is 3.08. The predicted octanol–water partition coefficient (Wildman–Crippen LogP) is 0.774. The zero-order chi connectivity index (χ0) is 14.5. The number of nitrogens with one attached hydrogen (secondary N) is 2. The molecule has 1 atom stereocenters. The number of nitrogens with zero attached hydrogens (tertiary/aromatic N) is 2. The second kappa shape index (κ2) is 7.04. The number of carbonyl (C=O) groups is 1. The smallest absolute Gasteiger partial charge is 0.225 e. The standard InChI is InChI=1S/C15H24N4O2/c20-15(13-3-8-21-11-13)18-9-12-1-6-19(7-2-12)10-14-16-4-5-17-14/h4-5,12-13H,1-3,6-11H2,(H,16,17)(H,18,20). The van der Waals surface area contributed by atoms with Crippen LogP contribution in [0.2, 0.25) is 0 Å². The second-order valence-electron chi connectivity index (χ2n) is 6.06. The van der Waals surface area contributed by atoms with Crippen LogP contribution in [0.1, 0.15) is 25.1 Å². The van der Waals surface area contributed by atoms with Gasteiger partial charge < -0.3 is 15.0 Å². The molecular formula is C15H24N4O2. The van der Waals surface area contributed by atoms with Crippen LogP contribution in [-0.2, 0) is 16.1 Å². The number of likely N-dealkylation sites (tertiary alicyclic amines) is 1. The van der Waals surface area contributed by atoms with Crippen molar-refractivity contribution in [3.05, 3.63) is 18.2 Å². The lowest BCUT2D eigenvalue weighted by atomic mass is 9.96. The highest BCUT2D eigenvalue weighted by atomic mass is 16.5. The van der Waals surface area contributed by atoms with Crippen LogP contribution in [0.4, 0.5) is 0 Å². The van der Waals surface area contributed by atoms with E-state index in [1.165, 1.54) is 0 Å². The van der Waals surface area contributed by atoms with E-state index in [0.717, 1.165) is 57.9 Å². The number of hydrogen-bond acceptors (Lipinski definition) is 4. The minimum Gasteiger partial charge on any atom is -0.381 e. The van der Waals surface area contributed by atoms with Crippen molar-refractivity contribution in [2.45, 2.75) is 25.8 Å². The Balaban J connectivity index is 1.34. The lowest BCUT2D eigenvalue weighted by Gasteiger charge is -2.31. The molecule has 0 aliphatic carbocycles. The van der Waals surface area contributed by atoms with Crippen molar-refractivity contribution >= 4 is 5.91 Å². The van der Waals surface area contributed by atoms with Crippen molar-refractivity contribution in [1.82, 2.24) is 20.2 Å². The first-order valence-corrected chi connectivity index (χ1v) is 7.87. The summed E-state index contributed by atoms with van der Waals surface area (Å²) in [5, 5.41) is 3.10. The van der Waals surface area contributed by atoms with Crippen molar-refractivity contribution in [3.8, 4) is 0 Å². The Kier molecular flexibility index (Phi) is 4.87. The van der Waals surface area contributed by atoms with Crippen molar-refractivity contribution in [1.29, 1.82) is 0 Å². The second-order valence-corrected chi connectivity index (χ2v) is 6.06. The number of imidazole rings is 1. The predicted molar refractivity (Wildman–Crippen MR) is 78.5 cm³/mol. The minimum absolute atomic E-state index is 0.0732. The number of amides is 1. The van der Waals surface area contributed by atoms with Crippen molar-refractivity contribution < 1.29 is 9.53 Å². The number of ether oxygens (including phenoxy) is 1. The fraction of sp³-hybridized carbons (Fsp3) is 0.733. The number of hydrogen-bond donors (Lipinski definition) is 2. The molecule has 2 N–H and O–H groups in total. The average molecular weight is 292 g/mol. The Morgan fingerprint density at radius 3 is 2.95 bits per heavy atom. The van der Waals surface area contributed by atoms with Gasteiger partial charge in [-0.25, -0.2) is 4.98 Å². The Hall–Kier alpha value is -1.40. The summed E-state index contributed by atoms with van der Waals surface area (Å²) in [5.41, 5.74) is 0. The summed E-state index contributed by atoms with van der Waals surface area (Å²) < 4.78 is 5.26. The molecule has 0 saturated carbocycles. The Morgan fingerprint density at radius 1 is 1.43 bits per heavy atom. The van der Waals surface area contributed by atoms with E-state index >= 15 is 0 Å². The van der Waals surface area contributed by atoms with Gasteiger partial charge in [0.05, 0.1) is 19.1 Å². The van der Waals surface area contributed by atoms with Crippen LogP contribution < -0.4 is 5.32 Å². The maximum absolute atomic E-state index is 11.9. The summed E-state index contributed by atoms with van der Waals surface area (Å²) in [6.45, 7) is 5.17. The first-order chi connectivity index (χ1) is 10.3. The molecular weight excluding hydrogens is 268 g/mol. The lowest BCUT2D eigenvalue weighted by Crippen LogP contribution is -2.40. The van der Waals surface area contributed by atoms with Gasteiger partial charge in [0.25, 0.3) is 0 Å². The molecule has 3 rings (SSSR count). The molecule has 0 bridgehead atoms. The van der Waals surface area contributed by atoms with Crippen LogP contribution in [0.15, 0.2) is 12.4 Å². The number of aromatic amines is 1. The molecule has 0 radical (unpaired) electrons. The fourth-order valence-corrected chi connectivity index (χ4v) is 3.08. The van der Waals surface area contributed by atoms with Gasteiger partial charge in [0, 0.05) is 25.5 Å². The number of H-pyrrole nitrogens is 1. The van der Waals surface area contributed by atoms with E-state index in [9.17, 15) is 4.79 Å². The van der Waals surface area contributed by atoms with E-state index in [2.05, 4.69) is 20.2 Å². The van der Waals surface area contributed by atoms with Gasteiger partial charge in [-0.15, -0.1) is 0 Å². The Bertz CT molecular complexity index is 435. The zero-order valence-electron chi connectivity index (χ0n) is 12.4. The molecule has 2 saturated heterocycles. The molecule has 6 nitrogen and oxygen atoms in total. The van der Waals surface area contributed by atoms with Crippen LogP contribution in [0, 0.1) is 11.8 Å². The van der Waals surface area contributed by atoms with E-state index in [4.69, 9.17) is 4.74 Å². The molecule has 1 aromatic rings. The van der Waals surface area contributed by atoms with Crippen LogP contribution >= 0.6 is 0 Å². The highest BCUT2D eigenvalue weighted by Crippen LogP contribution is 2.18. The number of aromatic nitrogens is 2. The molecule has 3 heterocycles. The maximum atomic E-state index is 11.9. The zero-order valence-corrected chi connectivity index (χ0v) is 12.4. The average Bonchev–Trinajstić information content (AvgIpc) is 3.19. The van der Waals surface area contributed by atoms with Gasteiger partial charge in [0.15, 0.2) is 0 Å². The maximum Gasteiger partial charge on any atom is 0.225 e. The third-order valence-electron chi connectivity index (χ3n) is 4.50. The number of carbonyl (C=O) groups excluding carboxylic acids is 1. The molecule has 1 amide bonds. The Labute approximate surface area is 125 Å². The van der Waals surface area contributed by atoms with Crippen molar-refractivity contribution in [2.75, 3.05) is 32.8 Å². The summed E-state index contributed by atoms with van der Waals surface area (Å²) in [7, 11) is 0. The number of piperidine rings is 1. The highest BCUT2D eigenvalue weighted by molar-refractivity contribution is 5.78. The topological polar surface area (TPSA) is 70.2 Å². The largest absolute Gasteiger partial charge is 0.381 e. The SMILES string of the molecule is O=C(NCC1CCN(Cc2ncc[nH]2)CC1)C1CCOC1. The Morgan fingerprint density at radius 2 is 2.29 bits per heavy atom. The number of rotatable bonds is 5. The molecule has 1 aromatic heterocycles. The summed E-state index contributed by atoms with van der Waals surface area (Å²) in [4.78, 5) is 21.8. The normalized spacial score (nSPS) is 24.3. The van der Waals surface area contributed by atoms with Crippen LogP contribution in [0.3, 0.4) is 0 Å². The molecule has 2 fully saturated rings. The van der Waals surface area contributed by atoms with E-state index in [1.54, 1.807) is 6.20 Å². The molecule has 0 spiro atoms. The molecule has 21 heavy (non-hydrogen) atoms. The van der Waals surface area contributed by atoms with E-state index in [1.807, 2.05) is 6.20 Å². The highest BCUT2D eigenvalue weighted by Gasteiger charge is 2.25. The minimum atomic E-state index is 0.0732. The van der Waals surface area contributed by atoms with E-state index in [-0.39, 0.29) is 11.8 Å². The summed E-state index contributed by atoms with van der Waals surface area (Å²) >= 11 is 0. The summed E-state index contributed by atoms with van der Waals surface area (Å²) in [5.74, 6) is 1.88. The third-order valence-corrected chi connectivity index (χ3v) is 4.50. The molecule has 6 heteroatoms. The van der Waals surface area contributed by atoms with Gasteiger partial charge >= 0.3 is 0 Å². The van der Waals surface area contributed by atoms with Crippen LogP contribution in [-0.4, -0.2) is 53.6 Å². The molecule has 1 unspecified atom stereocenters. The van der Waals surface area contributed by atoms with Crippen LogP contribution in [0.5, 0.6) is 0 Å². The molecule has 116 valence electrons. The van der Waals surface area contributed by atoms with Gasteiger partial charge in [-0.1, -0.05) is 0 Å². The van der Waals surface area contributed by atoms with Gasteiger partial charge in [-0.2, -0.15) is 0 Å². The van der Waals surface area contributed by atoms with Crippen molar-refractivity contribution in [3.63, 3.8) is 0 Å². The molecule has 2 aliphatic heterocycles. The van der Waals surface area contributed by atoms with Gasteiger partial charge in [-0.05, 0) is 38.3 Å². The van der Waals surface area contributed by atoms with Gasteiger partial charge in [-0.3, -0.25) is 9.69 Å². The molecule has 0 aromatic carbocycles. The van der Waals surface area contributed by atoms with Crippen LogP contribution in [0.25, 0.3) is 0 Å². The monoisotopic (exact) mass is 292 g/mol. The third kappa shape index (κ3) is 4.04. The first kappa shape index (κ1) is 14.5. The van der Waals surface area contributed by atoms with Gasteiger partial charge in [0.1, 0.15) is 5.82 Å². The first-order valence-electron chi connectivity index (χ1n) is 7.87.